The molecule has 1 aromatic carbocycles. The molecule has 0 aliphatic carbocycles. The maximum atomic E-state index is 11.9. The van der Waals surface area contributed by atoms with E-state index in [1.165, 1.54) is 24.3 Å². The van der Waals surface area contributed by atoms with Crippen LogP contribution in [0.4, 0.5) is 5.69 Å². The number of benzene rings is 1. The molecule has 0 fully saturated rings. The summed E-state index contributed by atoms with van der Waals surface area (Å²) < 4.78 is 0. The fraction of sp³-hybridized carbons (Fsp3) is 0. The Hall–Kier alpha value is -2.60. The topological polar surface area (TPSA) is 99.5 Å². The van der Waals surface area contributed by atoms with E-state index in [1.54, 1.807) is 6.07 Å². The van der Waals surface area contributed by atoms with Gasteiger partial charge in [0.2, 0.25) is 0 Å². The van der Waals surface area contributed by atoms with E-state index >= 15 is 0 Å². The molecule has 2 rings (SSSR count). The Morgan fingerprint density at radius 1 is 1.20 bits per heavy atom. The first kappa shape index (κ1) is 13.8. The van der Waals surface area contributed by atoms with Crippen LogP contribution in [0.15, 0.2) is 36.4 Å². The van der Waals surface area contributed by atoms with Crippen molar-refractivity contribution in [3.63, 3.8) is 0 Å². The Kier molecular flexibility index (Phi) is 3.86. The number of carboxylic acid groups (broad SMARTS) is 1. The summed E-state index contributed by atoms with van der Waals surface area (Å²) in [5.41, 5.74) is -0.107. The van der Waals surface area contributed by atoms with Gasteiger partial charge in [-0.3, -0.25) is 4.79 Å². The van der Waals surface area contributed by atoms with Crippen molar-refractivity contribution in [3.8, 4) is 5.75 Å². The molecule has 0 aliphatic rings. The summed E-state index contributed by atoms with van der Waals surface area (Å²) >= 11 is 5.68. The second kappa shape index (κ2) is 5.58. The molecule has 1 heterocycles. The van der Waals surface area contributed by atoms with Gasteiger partial charge >= 0.3 is 5.97 Å². The lowest BCUT2D eigenvalue weighted by Crippen LogP contribution is -2.16. The van der Waals surface area contributed by atoms with Gasteiger partial charge in [0.1, 0.15) is 16.6 Å². The first-order valence-electron chi connectivity index (χ1n) is 5.47. The predicted molar refractivity (Wildman–Crippen MR) is 72.3 cm³/mol. The lowest BCUT2D eigenvalue weighted by molar-refractivity contribution is 0.0697. The highest BCUT2D eigenvalue weighted by Gasteiger charge is 2.15. The van der Waals surface area contributed by atoms with Crippen LogP contribution in [0.1, 0.15) is 20.8 Å². The number of nitrogens with one attached hydrogen (secondary N) is 1. The molecular weight excluding hydrogens is 284 g/mol. The van der Waals surface area contributed by atoms with Crippen LogP contribution in [0, 0.1) is 0 Å². The number of phenolic OH excluding ortho intramolecular Hbond substituents is 1. The van der Waals surface area contributed by atoms with E-state index in [-0.39, 0.29) is 27.8 Å². The summed E-state index contributed by atoms with van der Waals surface area (Å²) in [6.07, 6.45) is 0. The second-order valence-corrected chi connectivity index (χ2v) is 4.22. The quantitative estimate of drug-likeness (QED) is 0.596. The maximum absolute atomic E-state index is 11.9. The van der Waals surface area contributed by atoms with Crippen LogP contribution >= 0.6 is 11.6 Å². The summed E-state index contributed by atoms with van der Waals surface area (Å²) in [5, 5.41) is 20.9. The monoisotopic (exact) mass is 292 g/mol. The molecule has 0 bridgehead atoms. The van der Waals surface area contributed by atoms with Crippen molar-refractivity contribution >= 4 is 29.2 Å². The van der Waals surface area contributed by atoms with E-state index in [0.717, 1.165) is 6.07 Å². The molecule has 6 nitrogen and oxygen atoms in total. The minimum atomic E-state index is -1.27. The van der Waals surface area contributed by atoms with Crippen molar-refractivity contribution in [2.75, 3.05) is 5.32 Å². The zero-order chi connectivity index (χ0) is 14.7. The third-order valence-electron chi connectivity index (χ3n) is 2.43. The fourth-order valence-electron chi connectivity index (χ4n) is 1.54. The van der Waals surface area contributed by atoms with Gasteiger partial charge in [0, 0.05) is 0 Å². The minimum absolute atomic E-state index is 0.0573. The van der Waals surface area contributed by atoms with Gasteiger partial charge in [0.05, 0.1) is 11.3 Å². The molecule has 102 valence electrons. The van der Waals surface area contributed by atoms with E-state index in [9.17, 15) is 14.7 Å². The van der Waals surface area contributed by atoms with Crippen molar-refractivity contribution < 1.29 is 19.8 Å². The number of aromatic carboxylic acids is 1. The highest BCUT2D eigenvalue weighted by molar-refractivity contribution is 6.29. The van der Waals surface area contributed by atoms with Crippen LogP contribution in [0.25, 0.3) is 0 Å². The van der Waals surface area contributed by atoms with E-state index in [2.05, 4.69) is 10.3 Å². The summed E-state index contributed by atoms with van der Waals surface area (Å²) in [4.78, 5) is 26.8. The summed E-state index contributed by atoms with van der Waals surface area (Å²) in [5.74, 6) is -2.07. The maximum Gasteiger partial charge on any atom is 0.337 e. The number of phenols is 1. The minimum Gasteiger partial charge on any atom is -0.508 e. The number of rotatable bonds is 3. The molecule has 7 heteroatoms. The van der Waals surface area contributed by atoms with Crippen molar-refractivity contribution in [1.29, 1.82) is 0 Å². The molecule has 0 atom stereocenters. The fourth-order valence-corrected chi connectivity index (χ4v) is 1.70. The molecule has 3 N–H and O–H groups in total. The Balaban J connectivity index is 2.30. The van der Waals surface area contributed by atoms with Crippen molar-refractivity contribution in [1.82, 2.24) is 4.98 Å². The van der Waals surface area contributed by atoms with Gasteiger partial charge in [-0.25, -0.2) is 9.78 Å². The second-order valence-electron chi connectivity index (χ2n) is 3.83. The van der Waals surface area contributed by atoms with Gasteiger partial charge in [-0.05, 0) is 30.3 Å². The smallest absolute Gasteiger partial charge is 0.337 e. The number of hydrogen-bond donors (Lipinski definition) is 3. The summed E-state index contributed by atoms with van der Waals surface area (Å²) in [7, 11) is 0. The normalized spacial score (nSPS) is 10.1. The third-order valence-corrected chi connectivity index (χ3v) is 2.64. The Morgan fingerprint density at radius 3 is 2.60 bits per heavy atom. The Bertz CT molecular complexity index is 688. The van der Waals surface area contributed by atoms with E-state index in [0.29, 0.717) is 0 Å². The molecule has 0 unspecified atom stereocenters. The molecule has 20 heavy (non-hydrogen) atoms. The summed E-state index contributed by atoms with van der Waals surface area (Å²) in [6, 6.07) is 8.13. The van der Waals surface area contributed by atoms with Gasteiger partial charge in [0.25, 0.3) is 5.91 Å². The first-order valence-corrected chi connectivity index (χ1v) is 5.85. The van der Waals surface area contributed by atoms with Crippen molar-refractivity contribution in [2.45, 2.75) is 0 Å². The highest BCUT2D eigenvalue weighted by atomic mass is 35.5. The number of nitrogens with zero attached hydrogens (tertiary/aromatic N) is 1. The standard InChI is InChI=1S/C13H9ClN2O4/c14-11-3-1-2-10(15-11)12(18)16-9-5-4-7(17)6-8(9)13(19)20/h1-6,17H,(H,16,18)(H,19,20). The summed E-state index contributed by atoms with van der Waals surface area (Å²) in [6.45, 7) is 0. The Labute approximate surface area is 118 Å². The van der Waals surface area contributed by atoms with Crippen LogP contribution < -0.4 is 5.32 Å². The third kappa shape index (κ3) is 3.04. The van der Waals surface area contributed by atoms with E-state index in [1.807, 2.05) is 0 Å². The number of amides is 1. The molecular formula is C13H9ClN2O4. The van der Waals surface area contributed by atoms with Gasteiger partial charge in [-0.2, -0.15) is 0 Å². The molecule has 0 radical (unpaired) electrons. The average Bonchev–Trinajstić information content (AvgIpc) is 2.40. The van der Waals surface area contributed by atoms with Gasteiger partial charge in [-0.15, -0.1) is 0 Å². The van der Waals surface area contributed by atoms with E-state index in [4.69, 9.17) is 16.7 Å². The number of anilines is 1. The number of carbonyl (C=O) groups is 2. The molecule has 2 aromatic rings. The lowest BCUT2D eigenvalue weighted by Gasteiger charge is -2.08. The molecule has 1 amide bonds. The van der Waals surface area contributed by atoms with Crippen molar-refractivity contribution in [2.24, 2.45) is 0 Å². The lowest BCUT2D eigenvalue weighted by atomic mass is 10.1. The Morgan fingerprint density at radius 2 is 1.95 bits per heavy atom. The molecule has 1 aromatic heterocycles. The first-order chi connectivity index (χ1) is 9.47. The predicted octanol–water partition coefficient (Wildman–Crippen LogP) is 2.39. The number of pyridine rings is 1. The van der Waals surface area contributed by atoms with Crippen LogP contribution in [0.5, 0.6) is 5.75 Å². The number of hydrogen-bond acceptors (Lipinski definition) is 4. The molecule has 0 saturated carbocycles. The van der Waals surface area contributed by atoms with Crippen LogP contribution in [0.3, 0.4) is 0 Å². The number of halogens is 1. The van der Waals surface area contributed by atoms with Crippen molar-refractivity contribution in [3.05, 3.63) is 52.8 Å². The molecule has 0 spiro atoms. The van der Waals surface area contributed by atoms with Gasteiger partial charge in [0.15, 0.2) is 0 Å². The van der Waals surface area contributed by atoms with Crippen LogP contribution in [0.2, 0.25) is 5.15 Å². The van der Waals surface area contributed by atoms with Gasteiger partial charge in [-0.1, -0.05) is 17.7 Å². The van der Waals surface area contributed by atoms with Crippen LogP contribution in [-0.4, -0.2) is 27.1 Å². The largest absolute Gasteiger partial charge is 0.508 e. The zero-order valence-electron chi connectivity index (χ0n) is 10.0. The van der Waals surface area contributed by atoms with Gasteiger partial charge < -0.3 is 15.5 Å². The van der Waals surface area contributed by atoms with E-state index < -0.39 is 11.9 Å². The van der Waals surface area contributed by atoms with Crippen LogP contribution in [-0.2, 0) is 0 Å². The zero-order valence-corrected chi connectivity index (χ0v) is 10.8. The molecule has 0 aliphatic heterocycles. The number of aromatic hydroxyl groups is 1. The SMILES string of the molecule is O=C(Nc1ccc(O)cc1C(=O)O)c1cccc(Cl)n1. The number of carbonyl (C=O) groups excluding carboxylic acids is 1. The highest BCUT2D eigenvalue weighted by Crippen LogP contribution is 2.22. The average molecular weight is 293 g/mol. The number of aromatic nitrogens is 1. The number of carboxylic acids is 1. The molecule has 0 saturated heterocycles.